The molecule has 0 unspecified atom stereocenters. The fourth-order valence-corrected chi connectivity index (χ4v) is 3.79. The molecule has 0 atom stereocenters. The zero-order chi connectivity index (χ0) is 28.2. The Hall–Kier alpha value is -4.71. The predicted octanol–water partition coefficient (Wildman–Crippen LogP) is 5.31. The lowest BCUT2D eigenvalue weighted by Gasteiger charge is -2.14. The minimum Gasteiger partial charge on any atom is -0.373 e. The van der Waals surface area contributed by atoms with Crippen molar-refractivity contribution in [3.8, 4) is 5.82 Å². The molecule has 0 fully saturated rings. The van der Waals surface area contributed by atoms with Crippen LogP contribution in [-0.4, -0.2) is 39.2 Å². The predicted molar refractivity (Wildman–Crippen MR) is 145 cm³/mol. The molecule has 0 radical (unpaired) electrons. The Labute approximate surface area is 223 Å². The number of carbonyl (C=O) groups excluding carboxylic acids is 1. The van der Waals surface area contributed by atoms with Crippen molar-refractivity contribution in [1.29, 1.82) is 0 Å². The Morgan fingerprint density at radius 1 is 1.08 bits per heavy atom. The highest BCUT2D eigenvalue weighted by Crippen LogP contribution is 2.32. The third-order valence-corrected chi connectivity index (χ3v) is 5.71. The molecule has 2 aromatic heterocycles. The topological polar surface area (TPSA) is 123 Å². The molecule has 12 heteroatoms. The van der Waals surface area contributed by atoms with Crippen LogP contribution in [0.25, 0.3) is 11.9 Å². The Bertz CT molecular complexity index is 1530. The Morgan fingerprint density at radius 2 is 1.87 bits per heavy atom. The molecule has 0 spiro atoms. The SMILES string of the molecule is CNc1cc(-n2nc(C)cc2Nc2cc(NC(=O)c3cc(/C=C/CN)cc(C(F)(F)F)c3)ccc2C)ncn1. The molecule has 0 bridgehead atoms. The summed E-state index contributed by atoms with van der Waals surface area (Å²) >= 11 is 0. The molecule has 0 aliphatic heterocycles. The maximum Gasteiger partial charge on any atom is 0.416 e. The third-order valence-electron chi connectivity index (χ3n) is 5.71. The highest BCUT2D eigenvalue weighted by atomic mass is 19.4. The van der Waals surface area contributed by atoms with Crippen molar-refractivity contribution in [3.63, 3.8) is 0 Å². The van der Waals surface area contributed by atoms with Crippen molar-refractivity contribution >= 4 is 35.0 Å². The first-order valence-corrected chi connectivity index (χ1v) is 11.9. The van der Waals surface area contributed by atoms with Crippen LogP contribution in [-0.2, 0) is 6.18 Å². The molecule has 1 amide bonds. The second kappa shape index (κ2) is 11.4. The fraction of sp³-hybridized carbons (Fsp3) is 0.185. The van der Waals surface area contributed by atoms with E-state index in [2.05, 4.69) is 31.0 Å². The summed E-state index contributed by atoms with van der Waals surface area (Å²) in [6, 6.07) is 11.9. The lowest BCUT2D eigenvalue weighted by molar-refractivity contribution is -0.137. The van der Waals surface area contributed by atoms with E-state index in [0.29, 0.717) is 28.8 Å². The van der Waals surface area contributed by atoms with Gasteiger partial charge in [0.25, 0.3) is 5.91 Å². The van der Waals surface area contributed by atoms with E-state index in [1.165, 1.54) is 24.5 Å². The van der Waals surface area contributed by atoms with Crippen molar-refractivity contribution in [2.24, 2.45) is 5.73 Å². The first-order valence-electron chi connectivity index (χ1n) is 11.9. The zero-order valence-electron chi connectivity index (χ0n) is 21.5. The second-order valence-corrected chi connectivity index (χ2v) is 8.68. The number of amides is 1. The monoisotopic (exact) mass is 536 g/mol. The Balaban J connectivity index is 1.62. The number of anilines is 4. The molecule has 9 nitrogen and oxygen atoms in total. The minimum atomic E-state index is -4.61. The number of rotatable bonds is 8. The largest absolute Gasteiger partial charge is 0.416 e. The van der Waals surface area contributed by atoms with E-state index in [1.54, 1.807) is 36.0 Å². The van der Waals surface area contributed by atoms with Crippen LogP contribution in [0.3, 0.4) is 0 Å². The molecule has 2 heterocycles. The summed E-state index contributed by atoms with van der Waals surface area (Å²) in [7, 11) is 1.75. The lowest BCUT2D eigenvalue weighted by atomic mass is 10.0. The van der Waals surface area contributed by atoms with E-state index < -0.39 is 17.6 Å². The van der Waals surface area contributed by atoms with E-state index in [-0.39, 0.29) is 17.7 Å². The number of nitrogens with zero attached hydrogens (tertiary/aromatic N) is 4. The zero-order valence-corrected chi connectivity index (χ0v) is 21.5. The maximum absolute atomic E-state index is 13.5. The van der Waals surface area contributed by atoms with Crippen LogP contribution in [0.1, 0.15) is 32.7 Å². The third kappa shape index (κ3) is 6.60. The highest BCUT2D eigenvalue weighted by Gasteiger charge is 2.31. The number of carbonyl (C=O) groups is 1. The van der Waals surface area contributed by atoms with Crippen LogP contribution in [0.15, 0.2) is 60.9 Å². The lowest BCUT2D eigenvalue weighted by Crippen LogP contribution is -2.15. The average molecular weight is 537 g/mol. The Morgan fingerprint density at radius 3 is 2.59 bits per heavy atom. The van der Waals surface area contributed by atoms with Gasteiger partial charge < -0.3 is 21.7 Å². The molecule has 4 aromatic rings. The molecule has 2 aromatic carbocycles. The number of halogens is 3. The van der Waals surface area contributed by atoms with Gasteiger partial charge in [-0.3, -0.25) is 4.79 Å². The number of nitrogens with two attached hydrogens (primary N) is 1. The van der Waals surface area contributed by atoms with Crippen molar-refractivity contribution in [1.82, 2.24) is 19.7 Å². The fourth-order valence-electron chi connectivity index (χ4n) is 3.79. The summed E-state index contributed by atoms with van der Waals surface area (Å²) in [6.45, 7) is 3.88. The van der Waals surface area contributed by atoms with Crippen molar-refractivity contribution in [3.05, 3.63) is 88.9 Å². The number of nitrogens with one attached hydrogen (secondary N) is 3. The Kier molecular flexibility index (Phi) is 7.96. The molecule has 5 N–H and O–H groups in total. The van der Waals surface area contributed by atoms with Gasteiger partial charge in [0.05, 0.1) is 11.3 Å². The summed E-state index contributed by atoms with van der Waals surface area (Å²) in [6.07, 6.45) is -0.222. The van der Waals surface area contributed by atoms with Gasteiger partial charge >= 0.3 is 6.18 Å². The van der Waals surface area contributed by atoms with Crippen LogP contribution in [0.4, 0.5) is 36.2 Å². The van der Waals surface area contributed by atoms with Crippen LogP contribution < -0.4 is 21.7 Å². The van der Waals surface area contributed by atoms with Crippen LogP contribution in [0, 0.1) is 13.8 Å². The van der Waals surface area contributed by atoms with Gasteiger partial charge in [0.2, 0.25) is 0 Å². The van der Waals surface area contributed by atoms with Gasteiger partial charge in [-0.15, -0.1) is 0 Å². The highest BCUT2D eigenvalue weighted by molar-refractivity contribution is 6.05. The summed E-state index contributed by atoms with van der Waals surface area (Å²) in [5.41, 5.74) is 7.26. The van der Waals surface area contributed by atoms with Gasteiger partial charge in [-0.2, -0.15) is 23.0 Å². The van der Waals surface area contributed by atoms with Crippen LogP contribution >= 0.6 is 0 Å². The smallest absolute Gasteiger partial charge is 0.373 e. The second-order valence-electron chi connectivity index (χ2n) is 8.68. The molecule has 0 saturated heterocycles. The van der Waals surface area contributed by atoms with Crippen molar-refractivity contribution in [2.45, 2.75) is 20.0 Å². The maximum atomic E-state index is 13.5. The van der Waals surface area contributed by atoms with Gasteiger partial charge in [-0.05, 0) is 55.3 Å². The summed E-state index contributed by atoms with van der Waals surface area (Å²) < 4.78 is 42.0. The van der Waals surface area contributed by atoms with E-state index >= 15 is 0 Å². The van der Waals surface area contributed by atoms with E-state index in [0.717, 1.165) is 23.4 Å². The number of hydrogen-bond donors (Lipinski definition) is 4. The summed E-state index contributed by atoms with van der Waals surface area (Å²) in [4.78, 5) is 21.4. The summed E-state index contributed by atoms with van der Waals surface area (Å²) in [5.74, 6) is 1.10. The number of aryl methyl sites for hydroxylation is 2. The molecule has 0 aliphatic carbocycles. The number of alkyl halides is 3. The number of hydrogen-bond acceptors (Lipinski definition) is 7. The molecule has 202 valence electrons. The van der Waals surface area contributed by atoms with Crippen LogP contribution in [0.2, 0.25) is 0 Å². The minimum absolute atomic E-state index is 0.130. The number of benzene rings is 2. The quantitative estimate of drug-likeness (QED) is 0.241. The van der Waals surface area contributed by atoms with E-state index in [1.807, 2.05) is 19.9 Å². The first kappa shape index (κ1) is 27.3. The van der Waals surface area contributed by atoms with Gasteiger partial charge in [-0.25, -0.2) is 9.97 Å². The van der Waals surface area contributed by atoms with Gasteiger partial charge in [-0.1, -0.05) is 18.2 Å². The van der Waals surface area contributed by atoms with Crippen LogP contribution in [0.5, 0.6) is 0 Å². The molecule has 4 rings (SSSR count). The van der Waals surface area contributed by atoms with Gasteiger partial charge in [0.1, 0.15) is 18.0 Å². The van der Waals surface area contributed by atoms with E-state index in [4.69, 9.17) is 5.73 Å². The number of aromatic nitrogens is 4. The molecule has 0 aliphatic rings. The molecule has 39 heavy (non-hydrogen) atoms. The van der Waals surface area contributed by atoms with E-state index in [9.17, 15) is 18.0 Å². The van der Waals surface area contributed by atoms with Crippen molar-refractivity contribution < 1.29 is 18.0 Å². The first-order chi connectivity index (χ1) is 18.6. The molecule has 0 saturated carbocycles. The molecular weight excluding hydrogens is 509 g/mol. The summed E-state index contributed by atoms with van der Waals surface area (Å²) in [5, 5.41) is 13.5. The normalized spacial score (nSPS) is 11.6. The standard InChI is InChI=1S/C27H27F3N8O/c1-16-6-7-21(35-26(39)19-10-18(5-4-8-31)11-20(12-19)27(28,29)30)13-22(16)36-25-9-17(2)37-38(25)24-14-23(32-3)33-15-34-24/h4-7,9-15,36H,8,31H2,1-3H3,(H,35,39)(H,32,33,34)/b5-4+. The average Bonchev–Trinajstić information content (AvgIpc) is 3.28. The molecular formula is C27H27F3N8O. The van der Waals surface area contributed by atoms with Crippen molar-refractivity contribution in [2.75, 3.05) is 29.5 Å². The van der Waals surface area contributed by atoms with Gasteiger partial charge in [0, 0.05) is 42.7 Å². The van der Waals surface area contributed by atoms with Gasteiger partial charge in [0.15, 0.2) is 5.82 Å².